The largest absolute Gasteiger partial charge is 0.497 e. The smallest absolute Gasteiger partial charge is 0.211 e. The van der Waals surface area contributed by atoms with E-state index in [9.17, 15) is 14.9 Å². The lowest BCUT2D eigenvalue weighted by molar-refractivity contribution is -0.483. The molecule has 0 saturated heterocycles. The molecular formula is C11H13NO4. The highest BCUT2D eigenvalue weighted by atomic mass is 16.6. The molecule has 0 heterocycles. The Kier molecular flexibility index (Phi) is 4.44. The number of benzene rings is 1. The van der Waals surface area contributed by atoms with E-state index in [4.69, 9.17) is 4.74 Å². The molecule has 0 radical (unpaired) electrons. The summed E-state index contributed by atoms with van der Waals surface area (Å²) in [5, 5.41) is 10.5. The summed E-state index contributed by atoms with van der Waals surface area (Å²) in [6.45, 7) is -0.244. The number of nitro groups is 1. The lowest BCUT2D eigenvalue weighted by atomic mass is 9.96. The minimum Gasteiger partial charge on any atom is -0.497 e. The average Bonchev–Trinajstić information content (AvgIpc) is 2.28. The van der Waals surface area contributed by atoms with Crippen LogP contribution in [0.3, 0.4) is 0 Å². The fourth-order valence-corrected chi connectivity index (χ4v) is 1.51. The van der Waals surface area contributed by atoms with Crippen molar-refractivity contribution in [2.24, 2.45) is 0 Å². The molecule has 0 saturated carbocycles. The van der Waals surface area contributed by atoms with Crippen molar-refractivity contribution in [2.45, 2.75) is 12.3 Å². The van der Waals surface area contributed by atoms with Crippen molar-refractivity contribution in [1.29, 1.82) is 0 Å². The van der Waals surface area contributed by atoms with E-state index in [0.717, 1.165) is 5.56 Å². The first-order valence-electron chi connectivity index (χ1n) is 4.86. The number of aldehydes is 1. The number of hydrogen-bond donors (Lipinski definition) is 0. The molecule has 16 heavy (non-hydrogen) atoms. The molecule has 0 aliphatic carbocycles. The molecule has 0 N–H and O–H groups in total. The second-order valence-electron chi connectivity index (χ2n) is 3.39. The third kappa shape index (κ3) is 3.34. The number of carbonyl (C=O) groups excluding carboxylic acids is 1. The van der Waals surface area contributed by atoms with E-state index in [0.29, 0.717) is 12.0 Å². The standard InChI is InChI=1S/C11H13NO4/c1-16-11-4-2-3-9(7-11)10(5-6-13)8-12(14)15/h2-4,6-7,10H,5,8H2,1H3. The Bertz CT molecular complexity index is 378. The second kappa shape index (κ2) is 5.85. The number of carbonyl (C=O) groups is 1. The molecule has 1 rings (SSSR count). The topological polar surface area (TPSA) is 69.4 Å². The highest BCUT2D eigenvalue weighted by Gasteiger charge is 2.17. The van der Waals surface area contributed by atoms with Crippen molar-refractivity contribution in [1.82, 2.24) is 0 Å². The number of hydrogen-bond acceptors (Lipinski definition) is 4. The molecule has 0 spiro atoms. The van der Waals surface area contributed by atoms with Crippen LogP contribution in [-0.2, 0) is 4.79 Å². The van der Waals surface area contributed by atoms with Crippen LogP contribution in [0.5, 0.6) is 5.75 Å². The van der Waals surface area contributed by atoms with Crippen LogP contribution in [0.2, 0.25) is 0 Å². The van der Waals surface area contributed by atoms with E-state index in [-0.39, 0.29) is 18.9 Å². The van der Waals surface area contributed by atoms with Crippen molar-refractivity contribution in [3.8, 4) is 5.75 Å². The van der Waals surface area contributed by atoms with E-state index >= 15 is 0 Å². The maximum absolute atomic E-state index is 10.5. The van der Waals surface area contributed by atoms with Gasteiger partial charge in [-0.3, -0.25) is 10.1 Å². The van der Waals surface area contributed by atoms with Crippen molar-refractivity contribution in [2.75, 3.05) is 13.7 Å². The van der Waals surface area contributed by atoms with Crippen molar-refractivity contribution < 1.29 is 14.5 Å². The van der Waals surface area contributed by atoms with Crippen LogP contribution >= 0.6 is 0 Å². The monoisotopic (exact) mass is 223 g/mol. The van der Waals surface area contributed by atoms with Gasteiger partial charge in [0, 0.05) is 11.3 Å². The van der Waals surface area contributed by atoms with Gasteiger partial charge >= 0.3 is 0 Å². The van der Waals surface area contributed by atoms with Crippen LogP contribution in [0.15, 0.2) is 24.3 Å². The van der Waals surface area contributed by atoms with E-state index in [1.54, 1.807) is 24.3 Å². The fourth-order valence-electron chi connectivity index (χ4n) is 1.51. The van der Waals surface area contributed by atoms with Gasteiger partial charge in [0.2, 0.25) is 6.54 Å². The summed E-state index contributed by atoms with van der Waals surface area (Å²) in [6.07, 6.45) is 0.849. The minimum atomic E-state index is -0.409. The minimum absolute atomic E-state index is 0.147. The first kappa shape index (κ1) is 12.2. The molecule has 0 aromatic heterocycles. The van der Waals surface area contributed by atoms with E-state index < -0.39 is 4.92 Å². The molecule has 5 nitrogen and oxygen atoms in total. The molecule has 0 amide bonds. The zero-order valence-electron chi connectivity index (χ0n) is 8.96. The highest BCUT2D eigenvalue weighted by Crippen LogP contribution is 2.23. The summed E-state index contributed by atoms with van der Waals surface area (Å²) in [4.78, 5) is 20.5. The van der Waals surface area contributed by atoms with Crippen LogP contribution in [-0.4, -0.2) is 24.9 Å². The van der Waals surface area contributed by atoms with Gasteiger partial charge in [0.15, 0.2) is 0 Å². The summed E-state index contributed by atoms with van der Waals surface area (Å²) in [5.41, 5.74) is 0.753. The van der Waals surface area contributed by atoms with Crippen LogP contribution in [0.1, 0.15) is 17.9 Å². The molecule has 0 aliphatic rings. The van der Waals surface area contributed by atoms with Gasteiger partial charge in [0.25, 0.3) is 0 Å². The Morgan fingerprint density at radius 2 is 2.31 bits per heavy atom. The number of rotatable bonds is 6. The van der Waals surface area contributed by atoms with Gasteiger partial charge < -0.3 is 9.53 Å². The zero-order chi connectivity index (χ0) is 12.0. The van der Waals surface area contributed by atoms with Crippen LogP contribution < -0.4 is 4.74 Å². The Hall–Kier alpha value is -1.91. The van der Waals surface area contributed by atoms with Crippen LogP contribution in [0.4, 0.5) is 0 Å². The Morgan fingerprint density at radius 1 is 1.56 bits per heavy atom. The molecule has 0 bridgehead atoms. The number of nitrogens with zero attached hydrogens (tertiary/aromatic N) is 1. The molecule has 5 heteroatoms. The molecule has 86 valence electrons. The summed E-state index contributed by atoms with van der Waals surface area (Å²) in [5.74, 6) is 0.249. The third-order valence-electron chi connectivity index (χ3n) is 2.32. The van der Waals surface area contributed by atoms with Gasteiger partial charge in [0.05, 0.1) is 13.0 Å². The molecule has 1 atom stereocenters. The van der Waals surface area contributed by atoms with Gasteiger partial charge in [-0.15, -0.1) is 0 Å². The van der Waals surface area contributed by atoms with Gasteiger partial charge in [-0.2, -0.15) is 0 Å². The molecule has 1 aromatic rings. The Labute approximate surface area is 93.2 Å². The summed E-state index contributed by atoms with van der Waals surface area (Å²) in [6, 6.07) is 7.00. The highest BCUT2D eigenvalue weighted by molar-refractivity contribution is 5.52. The maximum atomic E-state index is 10.5. The number of ether oxygens (including phenoxy) is 1. The predicted molar refractivity (Wildman–Crippen MR) is 58.3 cm³/mol. The molecule has 1 unspecified atom stereocenters. The average molecular weight is 223 g/mol. The van der Waals surface area contributed by atoms with Crippen molar-refractivity contribution in [3.05, 3.63) is 39.9 Å². The van der Waals surface area contributed by atoms with E-state index in [2.05, 4.69) is 0 Å². The third-order valence-corrected chi connectivity index (χ3v) is 2.32. The first-order valence-corrected chi connectivity index (χ1v) is 4.86. The number of methoxy groups -OCH3 is 1. The van der Waals surface area contributed by atoms with Crippen LogP contribution in [0, 0.1) is 10.1 Å². The maximum Gasteiger partial charge on any atom is 0.211 e. The lowest BCUT2D eigenvalue weighted by Crippen LogP contribution is -2.13. The summed E-state index contributed by atoms with van der Waals surface area (Å²) < 4.78 is 5.03. The molecule has 0 aliphatic heterocycles. The zero-order valence-corrected chi connectivity index (χ0v) is 8.96. The van der Waals surface area contributed by atoms with E-state index in [1.165, 1.54) is 7.11 Å². The molecule has 0 fully saturated rings. The Morgan fingerprint density at radius 3 is 2.88 bits per heavy atom. The first-order chi connectivity index (χ1) is 7.67. The second-order valence-corrected chi connectivity index (χ2v) is 3.39. The Balaban J connectivity index is 2.90. The quantitative estimate of drug-likeness (QED) is 0.417. The van der Waals surface area contributed by atoms with Gasteiger partial charge in [-0.25, -0.2) is 0 Å². The van der Waals surface area contributed by atoms with E-state index in [1.807, 2.05) is 0 Å². The summed E-state index contributed by atoms with van der Waals surface area (Å²) in [7, 11) is 1.53. The molecular weight excluding hydrogens is 210 g/mol. The SMILES string of the molecule is COc1cccc(C(CC=O)C[N+](=O)[O-])c1. The summed E-state index contributed by atoms with van der Waals surface area (Å²) >= 11 is 0. The van der Waals surface area contributed by atoms with Gasteiger partial charge in [0.1, 0.15) is 12.0 Å². The normalized spacial score (nSPS) is 11.8. The predicted octanol–water partition coefficient (Wildman–Crippen LogP) is 1.64. The molecule has 1 aromatic carbocycles. The van der Waals surface area contributed by atoms with Crippen molar-refractivity contribution >= 4 is 6.29 Å². The van der Waals surface area contributed by atoms with Gasteiger partial charge in [-0.05, 0) is 17.7 Å². The van der Waals surface area contributed by atoms with Crippen molar-refractivity contribution in [3.63, 3.8) is 0 Å². The van der Waals surface area contributed by atoms with Crippen LogP contribution in [0.25, 0.3) is 0 Å². The van der Waals surface area contributed by atoms with Gasteiger partial charge in [-0.1, -0.05) is 12.1 Å². The lowest BCUT2D eigenvalue weighted by Gasteiger charge is -2.11. The fraction of sp³-hybridized carbons (Fsp3) is 0.364.